The van der Waals surface area contributed by atoms with Gasteiger partial charge in [-0.05, 0) is 86.7 Å². The lowest BCUT2D eigenvalue weighted by molar-refractivity contribution is 0.0596. The maximum atomic E-state index is 10.2. The highest BCUT2D eigenvalue weighted by molar-refractivity contribution is 5.43. The van der Waals surface area contributed by atoms with Crippen molar-refractivity contribution in [2.75, 3.05) is 0 Å². The second-order valence-electron chi connectivity index (χ2n) is 11.5. The van der Waals surface area contributed by atoms with E-state index in [1.165, 1.54) is 44.1 Å². The first-order chi connectivity index (χ1) is 14.1. The number of rotatable bonds is 6. The van der Waals surface area contributed by atoms with Crippen LogP contribution < -0.4 is 0 Å². The van der Waals surface area contributed by atoms with Gasteiger partial charge in [0, 0.05) is 6.42 Å². The Labute approximate surface area is 183 Å². The molecule has 0 unspecified atom stereocenters. The number of hydrogen-bond donors (Lipinski definition) is 2. The Morgan fingerprint density at radius 3 is 2.80 bits per heavy atom. The molecule has 0 bridgehead atoms. The molecule has 0 radical (unpaired) electrons. The summed E-state index contributed by atoms with van der Waals surface area (Å²) in [4.78, 5) is 0. The second-order valence-corrected chi connectivity index (χ2v) is 11.5. The van der Waals surface area contributed by atoms with E-state index in [0.29, 0.717) is 17.8 Å². The van der Waals surface area contributed by atoms with Crippen LogP contribution in [0.15, 0.2) is 35.5 Å². The summed E-state index contributed by atoms with van der Waals surface area (Å²) in [6, 6.07) is 0. The van der Waals surface area contributed by atoms with Crippen molar-refractivity contribution >= 4 is 0 Å². The van der Waals surface area contributed by atoms with Crippen LogP contribution in [0.1, 0.15) is 85.5 Å². The van der Waals surface area contributed by atoms with Crippen molar-refractivity contribution in [1.82, 2.24) is 0 Å². The van der Waals surface area contributed by atoms with Crippen LogP contribution in [0.3, 0.4) is 0 Å². The molecule has 2 N–H and O–H groups in total. The van der Waals surface area contributed by atoms with Gasteiger partial charge in [0.15, 0.2) is 0 Å². The van der Waals surface area contributed by atoms with E-state index in [-0.39, 0.29) is 18.3 Å². The van der Waals surface area contributed by atoms with E-state index < -0.39 is 5.60 Å². The Bertz CT molecular complexity index is 727. The predicted octanol–water partition coefficient (Wildman–Crippen LogP) is 5.72. The Balaban J connectivity index is 1.44. The van der Waals surface area contributed by atoms with Crippen LogP contribution in [0.2, 0.25) is 0 Å². The minimum Gasteiger partial charge on any atom is -0.390 e. The van der Waals surface area contributed by atoms with Gasteiger partial charge in [-0.2, -0.15) is 0 Å². The number of aliphatic hydroxyl groups is 2. The molecule has 168 valence electrons. The molecular weight excluding hydrogens is 372 g/mol. The standard InChI is InChI=1S/C27H42O3/c1-17(8-6-14-26(3,4)29)21-12-13-22-19(9-7-15-27(21,22)5)10-11-20-16-23(28)25-24(30-25)18(20)2/h10-11,17,21-25,28-29H,2,6-9,12-16H2,1,3-5H3/b19-10?,20-11-/t17-,21-,22+,23-,24-,25+,27-/m1/s1. The molecule has 0 aromatic rings. The van der Waals surface area contributed by atoms with Crippen LogP contribution in [0.4, 0.5) is 0 Å². The molecule has 3 heteroatoms. The van der Waals surface area contributed by atoms with Gasteiger partial charge in [0.1, 0.15) is 12.2 Å². The van der Waals surface area contributed by atoms with Crippen LogP contribution in [0.25, 0.3) is 0 Å². The summed E-state index contributed by atoms with van der Waals surface area (Å²) in [5, 5.41) is 20.3. The van der Waals surface area contributed by atoms with Crippen molar-refractivity contribution in [3.8, 4) is 0 Å². The molecule has 30 heavy (non-hydrogen) atoms. The molecule has 3 nitrogen and oxygen atoms in total. The zero-order valence-corrected chi connectivity index (χ0v) is 19.5. The van der Waals surface area contributed by atoms with E-state index in [0.717, 1.165) is 30.3 Å². The topological polar surface area (TPSA) is 53.0 Å². The molecule has 0 amide bonds. The van der Waals surface area contributed by atoms with Gasteiger partial charge in [-0.1, -0.05) is 51.0 Å². The molecule has 1 heterocycles. The molecule has 0 spiro atoms. The van der Waals surface area contributed by atoms with Crippen LogP contribution in [0.5, 0.6) is 0 Å². The summed E-state index contributed by atoms with van der Waals surface area (Å²) < 4.78 is 5.58. The highest BCUT2D eigenvalue weighted by Gasteiger charge is 2.51. The molecule has 4 rings (SSSR count). The van der Waals surface area contributed by atoms with Crippen molar-refractivity contribution in [3.63, 3.8) is 0 Å². The number of hydrogen-bond acceptors (Lipinski definition) is 3. The minimum atomic E-state index is -0.543. The lowest BCUT2D eigenvalue weighted by atomic mass is 9.60. The molecule has 4 aliphatic rings. The smallest absolute Gasteiger partial charge is 0.115 e. The first kappa shape index (κ1) is 22.3. The van der Waals surface area contributed by atoms with Crippen LogP contribution in [-0.2, 0) is 4.74 Å². The largest absolute Gasteiger partial charge is 0.390 e. The third kappa shape index (κ3) is 4.36. The average molecular weight is 415 g/mol. The normalized spacial score (nSPS) is 42.3. The maximum absolute atomic E-state index is 10.2. The van der Waals surface area contributed by atoms with Gasteiger partial charge in [0.25, 0.3) is 0 Å². The Hall–Kier alpha value is -0.900. The fourth-order valence-electron chi connectivity index (χ4n) is 7.01. The van der Waals surface area contributed by atoms with E-state index in [4.69, 9.17) is 4.74 Å². The quantitative estimate of drug-likeness (QED) is 0.546. The molecule has 0 aromatic heterocycles. The third-order valence-corrected chi connectivity index (χ3v) is 8.76. The van der Waals surface area contributed by atoms with E-state index >= 15 is 0 Å². The van der Waals surface area contributed by atoms with Gasteiger partial charge >= 0.3 is 0 Å². The van der Waals surface area contributed by atoms with E-state index in [1.54, 1.807) is 5.57 Å². The van der Waals surface area contributed by atoms with Crippen molar-refractivity contribution in [3.05, 3.63) is 35.5 Å². The lowest BCUT2D eigenvalue weighted by Gasteiger charge is -2.44. The summed E-state index contributed by atoms with van der Waals surface area (Å²) in [5.41, 5.74) is 3.73. The van der Waals surface area contributed by atoms with Crippen LogP contribution in [-0.4, -0.2) is 34.1 Å². The Morgan fingerprint density at radius 2 is 2.07 bits per heavy atom. The number of aliphatic hydroxyl groups excluding tert-OH is 1. The average Bonchev–Trinajstić information content (AvgIpc) is 3.39. The van der Waals surface area contributed by atoms with Crippen molar-refractivity contribution < 1.29 is 14.9 Å². The highest BCUT2D eigenvalue weighted by Crippen LogP contribution is 2.60. The Kier molecular flexibility index (Phi) is 6.11. The maximum Gasteiger partial charge on any atom is 0.115 e. The predicted molar refractivity (Wildman–Crippen MR) is 122 cm³/mol. The number of fused-ring (bicyclic) bond motifs is 2. The summed E-state index contributed by atoms with van der Waals surface area (Å²) in [5.74, 6) is 2.20. The fraction of sp³-hybridized carbons (Fsp3) is 0.778. The van der Waals surface area contributed by atoms with Gasteiger partial charge in [-0.25, -0.2) is 0 Å². The zero-order chi connectivity index (χ0) is 21.7. The fourth-order valence-corrected chi connectivity index (χ4v) is 7.01. The van der Waals surface area contributed by atoms with Gasteiger partial charge in [-0.3, -0.25) is 0 Å². The summed E-state index contributed by atoms with van der Waals surface area (Å²) in [6.45, 7) is 13.1. The lowest BCUT2D eigenvalue weighted by Crippen LogP contribution is -2.36. The third-order valence-electron chi connectivity index (χ3n) is 8.76. The molecule has 7 atom stereocenters. The minimum absolute atomic E-state index is 0.00578. The van der Waals surface area contributed by atoms with E-state index in [1.807, 2.05) is 13.8 Å². The Morgan fingerprint density at radius 1 is 1.30 bits per heavy atom. The zero-order valence-electron chi connectivity index (χ0n) is 19.5. The molecular formula is C27H42O3. The first-order valence-electron chi connectivity index (χ1n) is 12.2. The molecule has 3 saturated carbocycles. The van der Waals surface area contributed by atoms with Gasteiger partial charge in [-0.15, -0.1) is 0 Å². The van der Waals surface area contributed by atoms with Crippen molar-refractivity contribution in [1.29, 1.82) is 0 Å². The summed E-state index contributed by atoms with van der Waals surface area (Å²) in [7, 11) is 0. The molecule has 1 saturated heterocycles. The molecule has 3 aliphatic carbocycles. The van der Waals surface area contributed by atoms with E-state index in [9.17, 15) is 10.2 Å². The number of ether oxygens (including phenoxy) is 1. The monoisotopic (exact) mass is 414 g/mol. The molecule has 4 fully saturated rings. The van der Waals surface area contributed by atoms with Gasteiger partial charge in [0.05, 0.1) is 11.7 Å². The molecule has 0 aromatic carbocycles. The molecule has 1 aliphatic heterocycles. The highest BCUT2D eigenvalue weighted by atomic mass is 16.6. The number of allylic oxidation sites excluding steroid dienone is 3. The van der Waals surface area contributed by atoms with Crippen molar-refractivity contribution in [2.24, 2.45) is 23.2 Å². The number of epoxide rings is 1. The van der Waals surface area contributed by atoms with Crippen LogP contribution in [0, 0.1) is 23.2 Å². The summed E-state index contributed by atoms with van der Waals surface area (Å²) in [6.07, 6.45) is 14.7. The van der Waals surface area contributed by atoms with E-state index in [2.05, 4.69) is 32.6 Å². The second kappa shape index (κ2) is 8.22. The summed E-state index contributed by atoms with van der Waals surface area (Å²) >= 11 is 0. The van der Waals surface area contributed by atoms with Crippen LogP contribution >= 0.6 is 0 Å². The van der Waals surface area contributed by atoms with Gasteiger partial charge < -0.3 is 14.9 Å². The van der Waals surface area contributed by atoms with Crippen molar-refractivity contribution in [2.45, 2.75) is 109 Å². The van der Waals surface area contributed by atoms with Gasteiger partial charge in [0.2, 0.25) is 0 Å². The first-order valence-corrected chi connectivity index (χ1v) is 12.2. The SMILES string of the molecule is C=C1/C(=C\C=C2CCC[C@]3(C)[C@@H]([C@H](C)CCCC(C)(C)O)CC[C@@H]23)C[C@@H](O)[C@@H]2O[C@H]12.